The molecule has 3 heteroatoms. The van der Waals surface area contributed by atoms with Crippen molar-refractivity contribution in [2.75, 3.05) is 0 Å². The predicted molar refractivity (Wildman–Crippen MR) is 58.5 cm³/mol. The standard InChI is InChI=1S/C12H22O3/c1-3-4-5-10(13)12(15)7-6-9(2)8-11(12)14/h9,11,14-15H,3-8H2,1-2H3. The quantitative estimate of drug-likeness (QED) is 0.748. The highest BCUT2D eigenvalue weighted by Gasteiger charge is 2.45. The van der Waals surface area contributed by atoms with Crippen molar-refractivity contribution in [3.8, 4) is 0 Å². The Kier molecular flexibility index (Phi) is 4.29. The second kappa shape index (κ2) is 5.08. The number of ketones is 1. The van der Waals surface area contributed by atoms with Crippen LogP contribution in [-0.4, -0.2) is 27.7 Å². The summed E-state index contributed by atoms with van der Waals surface area (Å²) >= 11 is 0. The van der Waals surface area contributed by atoms with Gasteiger partial charge in [-0.25, -0.2) is 0 Å². The summed E-state index contributed by atoms with van der Waals surface area (Å²) in [5.41, 5.74) is -1.46. The largest absolute Gasteiger partial charge is 0.390 e. The first-order chi connectivity index (χ1) is 7.00. The molecule has 0 amide bonds. The fraction of sp³-hybridized carbons (Fsp3) is 0.917. The van der Waals surface area contributed by atoms with E-state index in [1.165, 1.54) is 0 Å². The molecule has 0 bridgehead atoms. The third-order valence-electron chi connectivity index (χ3n) is 3.44. The fourth-order valence-electron chi connectivity index (χ4n) is 2.21. The van der Waals surface area contributed by atoms with Crippen molar-refractivity contribution in [1.29, 1.82) is 0 Å². The van der Waals surface area contributed by atoms with Crippen LogP contribution >= 0.6 is 0 Å². The van der Waals surface area contributed by atoms with Gasteiger partial charge in [0.1, 0.15) is 5.60 Å². The molecule has 0 aromatic heterocycles. The van der Waals surface area contributed by atoms with Crippen LogP contribution in [0.25, 0.3) is 0 Å². The summed E-state index contributed by atoms with van der Waals surface area (Å²) in [5.74, 6) is 0.225. The molecule has 3 nitrogen and oxygen atoms in total. The highest BCUT2D eigenvalue weighted by molar-refractivity contribution is 5.87. The first-order valence-electron chi connectivity index (χ1n) is 5.94. The van der Waals surface area contributed by atoms with Crippen molar-refractivity contribution < 1.29 is 15.0 Å². The third-order valence-corrected chi connectivity index (χ3v) is 3.44. The molecule has 1 saturated carbocycles. The summed E-state index contributed by atoms with van der Waals surface area (Å²) in [7, 11) is 0. The van der Waals surface area contributed by atoms with Crippen molar-refractivity contribution in [2.45, 2.75) is 64.1 Å². The van der Waals surface area contributed by atoms with Crippen LogP contribution in [0.15, 0.2) is 0 Å². The van der Waals surface area contributed by atoms with E-state index >= 15 is 0 Å². The molecule has 2 N–H and O–H groups in total. The van der Waals surface area contributed by atoms with Crippen LogP contribution in [0.3, 0.4) is 0 Å². The highest BCUT2D eigenvalue weighted by atomic mass is 16.3. The lowest BCUT2D eigenvalue weighted by atomic mass is 9.74. The molecule has 0 aromatic carbocycles. The van der Waals surface area contributed by atoms with Gasteiger partial charge >= 0.3 is 0 Å². The fourth-order valence-corrected chi connectivity index (χ4v) is 2.21. The van der Waals surface area contributed by atoms with E-state index in [1.807, 2.05) is 13.8 Å². The zero-order valence-corrected chi connectivity index (χ0v) is 9.70. The number of rotatable bonds is 4. The molecular weight excluding hydrogens is 192 g/mol. The number of aliphatic hydroxyl groups is 2. The maximum Gasteiger partial charge on any atom is 0.167 e. The summed E-state index contributed by atoms with van der Waals surface area (Å²) < 4.78 is 0. The molecule has 0 aromatic rings. The third kappa shape index (κ3) is 2.79. The van der Waals surface area contributed by atoms with Crippen molar-refractivity contribution in [3.05, 3.63) is 0 Å². The summed E-state index contributed by atoms with van der Waals surface area (Å²) in [5, 5.41) is 20.0. The van der Waals surface area contributed by atoms with E-state index in [4.69, 9.17) is 0 Å². The van der Waals surface area contributed by atoms with Gasteiger partial charge in [-0.2, -0.15) is 0 Å². The zero-order chi connectivity index (χ0) is 11.5. The number of hydrogen-bond acceptors (Lipinski definition) is 3. The Hall–Kier alpha value is -0.410. The second-order valence-corrected chi connectivity index (χ2v) is 4.85. The van der Waals surface area contributed by atoms with Crippen molar-refractivity contribution in [1.82, 2.24) is 0 Å². The lowest BCUT2D eigenvalue weighted by Gasteiger charge is -2.38. The number of Topliss-reactive ketones (excluding diaryl/α,β-unsaturated/α-hetero) is 1. The first kappa shape index (κ1) is 12.7. The molecule has 1 rings (SSSR count). The van der Waals surface area contributed by atoms with E-state index in [2.05, 4.69) is 0 Å². The summed E-state index contributed by atoms with van der Waals surface area (Å²) in [4.78, 5) is 11.8. The van der Waals surface area contributed by atoms with E-state index < -0.39 is 11.7 Å². The van der Waals surface area contributed by atoms with E-state index in [9.17, 15) is 15.0 Å². The number of carbonyl (C=O) groups is 1. The average Bonchev–Trinajstić information content (AvgIpc) is 2.20. The monoisotopic (exact) mass is 214 g/mol. The van der Waals surface area contributed by atoms with Crippen LogP contribution in [0.5, 0.6) is 0 Å². The van der Waals surface area contributed by atoms with E-state index in [0.29, 0.717) is 25.2 Å². The molecular formula is C12H22O3. The van der Waals surface area contributed by atoms with E-state index in [1.54, 1.807) is 0 Å². The minimum atomic E-state index is -1.46. The van der Waals surface area contributed by atoms with Crippen molar-refractivity contribution in [3.63, 3.8) is 0 Å². The molecule has 0 saturated heterocycles. The summed E-state index contributed by atoms with van der Waals surface area (Å²) in [6.07, 6.45) is 3.03. The molecule has 0 radical (unpaired) electrons. The van der Waals surface area contributed by atoms with Gasteiger partial charge in [-0.3, -0.25) is 4.79 Å². The molecule has 0 heterocycles. The number of aliphatic hydroxyl groups excluding tert-OH is 1. The van der Waals surface area contributed by atoms with Crippen LogP contribution < -0.4 is 0 Å². The topological polar surface area (TPSA) is 57.5 Å². The molecule has 1 fully saturated rings. The van der Waals surface area contributed by atoms with Gasteiger partial charge in [0.15, 0.2) is 5.78 Å². The Morgan fingerprint density at radius 3 is 2.73 bits per heavy atom. The van der Waals surface area contributed by atoms with Crippen molar-refractivity contribution in [2.24, 2.45) is 5.92 Å². The maximum absolute atomic E-state index is 11.8. The first-order valence-corrected chi connectivity index (χ1v) is 5.94. The minimum absolute atomic E-state index is 0.177. The van der Waals surface area contributed by atoms with Gasteiger partial charge in [0.2, 0.25) is 0 Å². The number of unbranched alkanes of at least 4 members (excludes halogenated alkanes) is 1. The van der Waals surface area contributed by atoms with E-state index in [0.717, 1.165) is 19.3 Å². The van der Waals surface area contributed by atoms with Gasteiger partial charge < -0.3 is 10.2 Å². The van der Waals surface area contributed by atoms with Gasteiger partial charge in [-0.05, 0) is 31.6 Å². The van der Waals surface area contributed by atoms with Gasteiger partial charge in [0.05, 0.1) is 6.10 Å². The molecule has 1 aliphatic carbocycles. The molecule has 1 aliphatic rings. The lowest BCUT2D eigenvalue weighted by molar-refractivity contribution is -0.159. The molecule has 3 unspecified atom stereocenters. The predicted octanol–water partition coefficient (Wildman–Crippen LogP) is 1.66. The van der Waals surface area contributed by atoms with Gasteiger partial charge in [-0.1, -0.05) is 20.3 Å². The van der Waals surface area contributed by atoms with Gasteiger partial charge in [0, 0.05) is 6.42 Å². The molecule has 88 valence electrons. The van der Waals surface area contributed by atoms with Crippen molar-refractivity contribution >= 4 is 5.78 Å². The van der Waals surface area contributed by atoms with Crippen LogP contribution in [0, 0.1) is 5.92 Å². The van der Waals surface area contributed by atoms with Crippen LogP contribution in [-0.2, 0) is 4.79 Å². The summed E-state index contributed by atoms with van der Waals surface area (Å²) in [6, 6.07) is 0. The summed E-state index contributed by atoms with van der Waals surface area (Å²) in [6.45, 7) is 4.05. The Morgan fingerprint density at radius 1 is 1.53 bits per heavy atom. The molecule has 0 spiro atoms. The Balaban J connectivity index is 2.60. The number of hydrogen-bond donors (Lipinski definition) is 2. The molecule has 15 heavy (non-hydrogen) atoms. The Bertz CT molecular complexity index is 227. The van der Waals surface area contributed by atoms with Gasteiger partial charge in [-0.15, -0.1) is 0 Å². The normalized spacial score (nSPS) is 36.5. The Labute approximate surface area is 91.5 Å². The second-order valence-electron chi connectivity index (χ2n) is 4.85. The van der Waals surface area contributed by atoms with E-state index in [-0.39, 0.29) is 5.78 Å². The maximum atomic E-state index is 11.8. The average molecular weight is 214 g/mol. The lowest BCUT2D eigenvalue weighted by Crippen LogP contribution is -2.52. The number of carbonyl (C=O) groups excluding carboxylic acids is 1. The SMILES string of the molecule is CCCCC(=O)C1(O)CCC(C)CC1O. The van der Waals surface area contributed by atoms with Gasteiger partial charge in [0.25, 0.3) is 0 Å². The highest BCUT2D eigenvalue weighted by Crippen LogP contribution is 2.33. The zero-order valence-electron chi connectivity index (χ0n) is 9.70. The Morgan fingerprint density at radius 2 is 2.20 bits per heavy atom. The van der Waals surface area contributed by atoms with Crippen LogP contribution in [0.4, 0.5) is 0 Å². The van der Waals surface area contributed by atoms with Crippen LogP contribution in [0.1, 0.15) is 52.4 Å². The molecule has 3 atom stereocenters. The van der Waals surface area contributed by atoms with Crippen LogP contribution in [0.2, 0.25) is 0 Å². The smallest absolute Gasteiger partial charge is 0.167 e. The minimum Gasteiger partial charge on any atom is -0.390 e. The molecule has 0 aliphatic heterocycles.